The van der Waals surface area contributed by atoms with Crippen LogP contribution in [-0.4, -0.2) is 221 Å². The molecule has 22 heteroatoms. The molecule has 22 nitrogen and oxygen atoms in total. The molecule has 66 heavy (non-hydrogen) atoms. The first-order valence-corrected chi connectivity index (χ1v) is 23.1. The number of carbonyl (C=O) groups is 1. The van der Waals surface area contributed by atoms with E-state index >= 15 is 0 Å². The van der Waals surface area contributed by atoms with Gasteiger partial charge in [-0.3, -0.25) is 4.79 Å². The number of esters is 1. The maximum Gasteiger partial charge on any atom is 0.314 e. The van der Waals surface area contributed by atoms with Gasteiger partial charge in [0, 0.05) is 0 Å². The van der Waals surface area contributed by atoms with E-state index in [2.05, 4.69) is 20.4 Å². The van der Waals surface area contributed by atoms with Gasteiger partial charge in [-0.25, -0.2) is 0 Å². The normalized spacial score (nSPS) is 53.6. The Bertz CT molecular complexity index is 1690. The van der Waals surface area contributed by atoms with Crippen molar-refractivity contribution in [2.45, 2.75) is 201 Å². The Kier molecular flexibility index (Phi) is 15.7. The summed E-state index contributed by atoms with van der Waals surface area (Å²) in [6.45, 7) is 9.79. The molecule has 7 rings (SSSR count). The van der Waals surface area contributed by atoms with Crippen LogP contribution in [0.15, 0.2) is 12.2 Å². The quantitative estimate of drug-likeness (QED) is 0.0697. The lowest BCUT2D eigenvalue weighted by Crippen LogP contribution is -2.67. The Morgan fingerprint density at radius 2 is 1.14 bits per heavy atom. The summed E-state index contributed by atoms with van der Waals surface area (Å²) < 4.78 is 47.9. The van der Waals surface area contributed by atoms with E-state index in [4.69, 9.17) is 37.9 Å². The van der Waals surface area contributed by atoms with Gasteiger partial charge in [-0.1, -0.05) is 26.8 Å². The molecule has 0 aromatic carbocycles. The van der Waals surface area contributed by atoms with Crippen molar-refractivity contribution < 1.29 is 109 Å². The van der Waals surface area contributed by atoms with E-state index in [1.807, 2.05) is 6.92 Å². The first-order chi connectivity index (χ1) is 31.0. The van der Waals surface area contributed by atoms with Crippen LogP contribution in [0.2, 0.25) is 0 Å². The lowest BCUT2D eigenvalue weighted by Gasteiger charge is -2.62. The fourth-order valence-electron chi connectivity index (χ4n) is 12.5. The van der Waals surface area contributed by atoms with Crippen molar-refractivity contribution in [2.75, 3.05) is 26.4 Å². The fourth-order valence-corrected chi connectivity index (χ4v) is 12.5. The van der Waals surface area contributed by atoms with E-state index in [0.717, 1.165) is 6.42 Å². The topological polar surface area (TPSA) is 354 Å². The van der Waals surface area contributed by atoms with Gasteiger partial charge in [0.25, 0.3) is 0 Å². The predicted molar refractivity (Wildman–Crippen MR) is 220 cm³/mol. The summed E-state index contributed by atoms with van der Waals surface area (Å²) in [5.41, 5.74) is -2.47. The largest absolute Gasteiger partial charge is 0.432 e. The smallest absolute Gasteiger partial charge is 0.314 e. The monoisotopic (exact) mass is 952 g/mol. The highest BCUT2D eigenvalue weighted by Crippen LogP contribution is 2.68. The maximum atomic E-state index is 14.3. The minimum atomic E-state index is -1.93. The predicted octanol–water partition coefficient (Wildman–Crippen LogP) is -3.84. The van der Waals surface area contributed by atoms with Gasteiger partial charge in [0.05, 0.1) is 37.4 Å². The summed E-state index contributed by atoms with van der Waals surface area (Å²) in [4.78, 5) is 14.3. The van der Waals surface area contributed by atoms with E-state index in [0.29, 0.717) is 50.5 Å². The molecule has 4 aliphatic heterocycles. The number of ether oxygens (including phenoxy) is 8. The summed E-state index contributed by atoms with van der Waals surface area (Å²) in [5, 5.41) is 137. The summed E-state index contributed by atoms with van der Waals surface area (Å²) >= 11 is 0. The van der Waals surface area contributed by atoms with Crippen LogP contribution in [0.3, 0.4) is 0 Å². The van der Waals surface area contributed by atoms with E-state index in [1.165, 1.54) is 0 Å². The zero-order valence-corrected chi connectivity index (χ0v) is 37.8. The Morgan fingerprint density at radius 3 is 1.76 bits per heavy atom. The van der Waals surface area contributed by atoms with Gasteiger partial charge < -0.3 is 104 Å². The van der Waals surface area contributed by atoms with Crippen LogP contribution in [0.5, 0.6) is 0 Å². The number of carbonyl (C=O) groups excluding carboxylic acids is 1. The second kappa shape index (κ2) is 19.9. The van der Waals surface area contributed by atoms with Crippen LogP contribution in [0.4, 0.5) is 0 Å². The van der Waals surface area contributed by atoms with Crippen molar-refractivity contribution in [3.05, 3.63) is 12.2 Å². The van der Waals surface area contributed by atoms with E-state index < -0.39 is 166 Å². The first kappa shape index (κ1) is 52.2. The molecule has 3 aliphatic carbocycles. The molecular formula is C44H72O22. The van der Waals surface area contributed by atoms with Gasteiger partial charge >= 0.3 is 5.97 Å². The van der Waals surface area contributed by atoms with Gasteiger partial charge in [-0.05, 0) is 87.0 Å². The molecule has 380 valence electrons. The number of hydrogen-bond acceptors (Lipinski definition) is 22. The van der Waals surface area contributed by atoms with Crippen LogP contribution in [-0.2, 0) is 42.7 Å². The average Bonchev–Trinajstić information content (AvgIpc) is 3.38. The van der Waals surface area contributed by atoms with Gasteiger partial charge in [0.15, 0.2) is 18.9 Å². The molecule has 0 amide bonds. The van der Waals surface area contributed by atoms with Gasteiger partial charge in [0.1, 0.15) is 91.6 Å². The molecule has 7 aliphatic rings. The van der Waals surface area contributed by atoms with Crippen molar-refractivity contribution >= 4 is 5.97 Å². The third-order valence-electron chi connectivity index (χ3n) is 16.5. The molecular weight excluding hydrogens is 880 g/mol. The maximum absolute atomic E-state index is 14.3. The summed E-state index contributed by atoms with van der Waals surface area (Å²) in [6.07, 6.45) is -27.1. The molecule has 3 saturated carbocycles. The van der Waals surface area contributed by atoms with Crippen molar-refractivity contribution in [1.29, 1.82) is 0 Å². The highest BCUT2D eigenvalue weighted by atomic mass is 16.8. The Hall–Kier alpha value is -1.59. The Morgan fingerprint density at radius 1 is 0.606 bits per heavy atom. The van der Waals surface area contributed by atoms with Gasteiger partial charge in [-0.2, -0.15) is 0 Å². The summed E-state index contributed by atoms with van der Waals surface area (Å²) in [6, 6.07) is 0. The van der Waals surface area contributed by atoms with E-state index in [1.54, 1.807) is 6.92 Å². The average molecular weight is 953 g/mol. The van der Waals surface area contributed by atoms with E-state index in [-0.39, 0.29) is 17.3 Å². The molecule has 7 fully saturated rings. The minimum absolute atomic E-state index is 0.0297. The van der Waals surface area contributed by atoms with Gasteiger partial charge in [-0.15, -0.1) is 0 Å². The SMILES string of the molecule is C=C1C[C@@]2(C)CCC3[C@](C)(C(=O)OC4OC(CO)C(O)C(O)C4O)CCC[C@@]3(C)[C@@H]2CC[C@@]1(C)OC1OC(CO)C(O)C(OC2OC(CO)C(O)C(O)C2O)C1OC1OCC(O)C(O)C1O. The second-order valence-corrected chi connectivity index (χ2v) is 20.7. The number of rotatable bonds is 11. The molecule has 0 radical (unpaired) electrons. The van der Waals surface area contributed by atoms with Crippen molar-refractivity contribution in [1.82, 2.24) is 0 Å². The zero-order valence-electron chi connectivity index (χ0n) is 37.8. The lowest BCUT2D eigenvalue weighted by atomic mass is 9.42. The summed E-state index contributed by atoms with van der Waals surface area (Å²) in [7, 11) is 0. The highest BCUT2D eigenvalue weighted by molar-refractivity contribution is 5.77. The number of aliphatic hydroxyl groups is 13. The Labute approximate surface area is 382 Å². The van der Waals surface area contributed by atoms with Crippen molar-refractivity contribution in [3.8, 4) is 0 Å². The number of aliphatic hydroxyl groups excluding tert-OH is 13. The number of hydrogen-bond donors (Lipinski definition) is 13. The molecule has 4 saturated heterocycles. The van der Waals surface area contributed by atoms with Crippen LogP contribution < -0.4 is 0 Å². The van der Waals surface area contributed by atoms with E-state index in [9.17, 15) is 71.2 Å². The Balaban J connectivity index is 1.16. The van der Waals surface area contributed by atoms with Crippen molar-refractivity contribution in [3.63, 3.8) is 0 Å². The zero-order chi connectivity index (χ0) is 48.4. The number of fused-ring (bicyclic) bond motifs is 3. The molecule has 0 aromatic rings. The fraction of sp³-hybridized carbons (Fsp3) is 0.932. The molecule has 4 heterocycles. The molecule has 20 unspecified atom stereocenters. The van der Waals surface area contributed by atoms with Crippen molar-refractivity contribution in [2.24, 2.45) is 28.1 Å². The molecule has 25 atom stereocenters. The molecule has 0 bridgehead atoms. The first-order valence-electron chi connectivity index (χ1n) is 23.1. The standard InChI is InChI=1S/C44H72O22/c1-18-13-41(2)11-7-24-42(3,9-6-10-43(24,4)40(58)65-38-33(57)30(54)27(51)21(15-46)61-38)23(41)8-12-44(18,5)66-39-35(64-36-31(55)25(49)19(48)17-59-36)34(28(52)22(16-47)62-39)63-37-32(56)29(53)26(50)20(14-45)60-37/h19-39,45-57H,1,6-17H2,2-5H3/t19?,20?,21?,22?,23-,24?,25?,26?,27?,28?,29?,30?,31?,32?,33?,34?,35?,36?,37?,38?,39?,41-,42+,43-,44-/m1/s1. The van der Waals surface area contributed by atoms with Crippen LogP contribution in [0.25, 0.3) is 0 Å². The van der Waals surface area contributed by atoms with Crippen LogP contribution in [0, 0.1) is 28.1 Å². The summed E-state index contributed by atoms with van der Waals surface area (Å²) in [5.74, 6) is -0.874. The third-order valence-corrected chi connectivity index (χ3v) is 16.5. The second-order valence-electron chi connectivity index (χ2n) is 20.7. The highest BCUT2D eigenvalue weighted by Gasteiger charge is 2.64. The third kappa shape index (κ3) is 9.26. The molecule has 0 spiro atoms. The minimum Gasteiger partial charge on any atom is -0.432 e. The molecule has 0 aromatic heterocycles. The van der Waals surface area contributed by atoms with Crippen LogP contribution in [0.1, 0.15) is 79.1 Å². The molecule has 13 N–H and O–H groups in total. The van der Waals surface area contributed by atoms with Gasteiger partial charge in [0.2, 0.25) is 6.29 Å². The lowest BCUT2D eigenvalue weighted by molar-refractivity contribution is -0.393. The van der Waals surface area contributed by atoms with Crippen LogP contribution >= 0.6 is 0 Å².